The molecule has 1 saturated carbocycles. The van der Waals surface area contributed by atoms with Crippen molar-refractivity contribution in [3.63, 3.8) is 0 Å². The Labute approximate surface area is 271 Å². The summed E-state index contributed by atoms with van der Waals surface area (Å²) >= 11 is 0. The van der Waals surface area contributed by atoms with Crippen molar-refractivity contribution in [1.29, 1.82) is 0 Å². The van der Waals surface area contributed by atoms with E-state index in [1.807, 2.05) is 121 Å². The Balaban J connectivity index is 1.48. The maximum absolute atomic E-state index is 15.9. The molecular formula is C41H29NO5. The van der Waals surface area contributed by atoms with E-state index in [0.717, 1.165) is 22.3 Å². The Kier molecular flexibility index (Phi) is 6.44. The summed E-state index contributed by atoms with van der Waals surface area (Å²) in [7, 11) is 0. The number of ether oxygens (including phenoxy) is 1. The van der Waals surface area contributed by atoms with Crippen LogP contribution in [0.25, 0.3) is 11.1 Å². The number of amides is 2. The molecule has 0 spiro atoms. The summed E-state index contributed by atoms with van der Waals surface area (Å²) in [4.78, 5) is 58.7. The second-order valence-corrected chi connectivity index (χ2v) is 12.2. The van der Waals surface area contributed by atoms with Crippen LogP contribution in [0.2, 0.25) is 0 Å². The fourth-order valence-electron chi connectivity index (χ4n) is 8.42. The van der Waals surface area contributed by atoms with Crippen molar-refractivity contribution in [2.75, 3.05) is 4.90 Å². The van der Waals surface area contributed by atoms with E-state index in [9.17, 15) is 4.79 Å². The zero-order valence-electron chi connectivity index (χ0n) is 25.5. The number of Topliss-reactive ketones (excluding diaryl/α,β-unsaturated/α-hetero) is 1. The molecule has 0 N–H and O–H groups in total. The highest BCUT2D eigenvalue weighted by molar-refractivity contribution is 6.39. The molecule has 0 radical (unpaired) electrons. The fourth-order valence-corrected chi connectivity index (χ4v) is 8.42. The van der Waals surface area contributed by atoms with Crippen LogP contribution in [0.15, 0.2) is 146 Å². The average molecular weight is 616 g/mol. The molecule has 4 atom stereocenters. The summed E-state index contributed by atoms with van der Waals surface area (Å²) in [5.41, 5.74) is 1.92. The van der Waals surface area contributed by atoms with E-state index < -0.39 is 40.4 Å². The summed E-state index contributed by atoms with van der Waals surface area (Å²) in [5, 5.41) is 0. The summed E-state index contributed by atoms with van der Waals surface area (Å²) in [6.45, 7) is 1.31. The highest BCUT2D eigenvalue weighted by atomic mass is 16.5. The molecule has 5 aromatic rings. The number of imide groups is 1. The van der Waals surface area contributed by atoms with Gasteiger partial charge in [0.25, 0.3) is 0 Å². The molecule has 5 aromatic carbocycles. The molecule has 2 amide bonds. The van der Waals surface area contributed by atoms with Gasteiger partial charge in [-0.15, -0.1) is 0 Å². The largest absolute Gasteiger partial charge is 0.427 e. The lowest BCUT2D eigenvalue weighted by Gasteiger charge is -2.39. The first-order chi connectivity index (χ1) is 22.9. The number of ketones is 1. The van der Waals surface area contributed by atoms with Crippen molar-refractivity contribution in [3.05, 3.63) is 168 Å². The maximum Gasteiger partial charge on any atom is 0.308 e. The third-order valence-corrected chi connectivity index (χ3v) is 9.93. The first-order valence-corrected chi connectivity index (χ1v) is 15.6. The molecule has 2 aliphatic carbocycles. The third kappa shape index (κ3) is 3.78. The van der Waals surface area contributed by atoms with Gasteiger partial charge in [0.1, 0.15) is 5.75 Å². The first kappa shape index (κ1) is 28.6. The second-order valence-electron chi connectivity index (χ2n) is 12.2. The minimum absolute atomic E-state index is 0.165. The predicted octanol–water partition coefficient (Wildman–Crippen LogP) is 6.80. The van der Waals surface area contributed by atoms with Gasteiger partial charge in [-0.1, -0.05) is 121 Å². The Bertz CT molecular complexity index is 1970. The molecule has 2 fully saturated rings. The topological polar surface area (TPSA) is 80.8 Å². The standard InChI is InChI=1S/C41H29NO5/c1-26(43)47-32-24-22-31(23-25-32)42-37(44)35-36(38(42)45)41(30-20-12-5-13-21-30)34(28-16-8-3-9-17-28)33(27-14-6-2-7-15-27)40(35,39(41)46)29-18-10-4-11-19-29/h2-25,35-36H,1H3/t35-,36+,40-,41-/m0/s1. The van der Waals surface area contributed by atoms with Gasteiger partial charge in [0.15, 0.2) is 5.78 Å². The van der Waals surface area contributed by atoms with Gasteiger partial charge in [-0.2, -0.15) is 0 Å². The Morgan fingerprint density at radius 1 is 0.553 bits per heavy atom. The summed E-state index contributed by atoms with van der Waals surface area (Å²) < 4.78 is 5.21. The van der Waals surface area contributed by atoms with Crippen LogP contribution in [0, 0.1) is 11.8 Å². The number of rotatable bonds is 6. The Morgan fingerprint density at radius 2 is 0.936 bits per heavy atom. The number of allylic oxidation sites excluding steroid dienone is 2. The van der Waals surface area contributed by atoms with Crippen LogP contribution in [0.4, 0.5) is 5.69 Å². The molecule has 0 aromatic heterocycles. The highest BCUT2D eigenvalue weighted by Gasteiger charge is 2.82. The highest BCUT2D eigenvalue weighted by Crippen LogP contribution is 2.74. The number of carbonyl (C=O) groups is 4. The first-order valence-electron chi connectivity index (χ1n) is 15.6. The van der Waals surface area contributed by atoms with E-state index >= 15 is 14.4 Å². The van der Waals surface area contributed by atoms with Crippen LogP contribution < -0.4 is 9.64 Å². The van der Waals surface area contributed by atoms with E-state index in [2.05, 4.69) is 0 Å². The van der Waals surface area contributed by atoms with E-state index in [4.69, 9.17) is 4.74 Å². The molecule has 47 heavy (non-hydrogen) atoms. The minimum atomic E-state index is -1.46. The number of hydrogen-bond acceptors (Lipinski definition) is 5. The number of nitrogens with zero attached hydrogens (tertiary/aromatic N) is 1. The smallest absolute Gasteiger partial charge is 0.308 e. The van der Waals surface area contributed by atoms with Gasteiger partial charge in [-0.25, -0.2) is 4.90 Å². The van der Waals surface area contributed by atoms with Crippen LogP contribution in [-0.2, 0) is 30.0 Å². The number of esters is 1. The van der Waals surface area contributed by atoms with Crippen molar-refractivity contribution in [1.82, 2.24) is 0 Å². The predicted molar refractivity (Wildman–Crippen MR) is 178 cm³/mol. The summed E-state index contributed by atoms with van der Waals surface area (Å²) in [6, 6.07) is 44.8. The number of benzene rings is 5. The lowest BCUT2D eigenvalue weighted by atomic mass is 9.59. The molecule has 1 aliphatic heterocycles. The monoisotopic (exact) mass is 615 g/mol. The van der Waals surface area contributed by atoms with E-state index in [1.54, 1.807) is 24.3 Å². The molecule has 6 heteroatoms. The minimum Gasteiger partial charge on any atom is -0.427 e. The normalized spacial score (nSPS) is 24.5. The molecule has 0 unspecified atom stereocenters. The van der Waals surface area contributed by atoms with Crippen molar-refractivity contribution in [2.24, 2.45) is 11.8 Å². The van der Waals surface area contributed by atoms with Gasteiger partial charge in [-0.3, -0.25) is 19.2 Å². The number of carbonyl (C=O) groups excluding carboxylic acids is 4. The maximum atomic E-state index is 15.9. The lowest BCUT2D eigenvalue weighted by Crippen LogP contribution is -2.45. The van der Waals surface area contributed by atoms with Crippen molar-refractivity contribution in [2.45, 2.75) is 17.8 Å². The van der Waals surface area contributed by atoms with E-state index in [-0.39, 0.29) is 5.78 Å². The van der Waals surface area contributed by atoms with Gasteiger partial charge in [0, 0.05) is 6.92 Å². The molecule has 3 aliphatic rings. The molecule has 8 rings (SSSR count). The van der Waals surface area contributed by atoms with Gasteiger partial charge >= 0.3 is 5.97 Å². The SMILES string of the molecule is CC(=O)Oc1ccc(N2C(=O)[C@@H]3[C@H](C2=O)[C@@]2(c4ccccc4)C(=O)[C@@]3(c3ccccc3)C(c3ccccc3)=C2c2ccccc2)cc1. The number of anilines is 1. The fraction of sp³-hybridized carbons (Fsp3) is 0.122. The quantitative estimate of drug-likeness (QED) is 0.119. The third-order valence-electron chi connectivity index (χ3n) is 9.93. The molecule has 1 saturated heterocycles. The van der Waals surface area contributed by atoms with Crippen LogP contribution in [-0.4, -0.2) is 23.6 Å². The van der Waals surface area contributed by atoms with Crippen LogP contribution in [0.1, 0.15) is 29.2 Å². The lowest BCUT2D eigenvalue weighted by molar-refractivity contribution is -0.132. The molecule has 1 heterocycles. The zero-order valence-corrected chi connectivity index (χ0v) is 25.5. The molecule has 2 bridgehead atoms. The molecule has 228 valence electrons. The Morgan fingerprint density at radius 3 is 1.32 bits per heavy atom. The number of hydrogen-bond donors (Lipinski definition) is 0. The van der Waals surface area contributed by atoms with Crippen LogP contribution >= 0.6 is 0 Å². The van der Waals surface area contributed by atoms with Crippen LogP contribution in [0.5, 0.6) is 5.75 Å². The van der Waals surface area contributed by atoms with Gasteiger partial charge in [-0.05, 0) is 57.7 Å². The van der Waals surface area contributed by atoms with Crippen molar-refractivity contribution < 1.29 is 23.9 Å². The second kappa shape index (κ2) is 10.6. The van der Waals surface area contributed by atoms with Gasteiger partial charge < -0.3 is 4.74 Å². The van der Waals surface area contributed by atoms with E-state index in [1.165, 1.54) is 11.8 Å². The van der Waals surface area contributed by atoms with Gasteiger partial charge in [0.05, 0.1) is 28.4 Å². The Hall–Kier alpha value is -5.88. The van der Waals surface area contributed by atoms with Gasteiger partial charge in [0.2, 0.25) is 11.8 Å². The number of fused-ring (bicyclic) bond motifs is 5. The molecular weight excluding hydrogens is 586 g/mol. The van der Waals surface area contributed by atoms with Crippen LogP contribution in [0.3, 0.4) is 0 Å². The zero-order chi connectivity index (χ0) is 32.3. The van der Waals surface area contributed by atoms with Crippen molar-refractivity contribution in [3.8, 4) is 5.75 Å². The molecule has 6 nitrogen and oxygen atoms in total. The average Bonchev–Trinajstić information content (AvgIpc) is 3.62. The summed E-state index contributed by atoms with van der Waals surface area (Å²) in [6.07, 6.45) is 0. The van der Waals surface area contributed by atoms with E-state index in [0.29, 0.717) is 22.6 Å². The van der Waals surface area contributed by atoms with Crippen molar-refractivity contribution >= 4 is 40.4 Å². The summed E-state index contributed by atoms with van der Waals surface area (Å²) in [5.74, 6) is -3.23.